The molecule has 5 nitrogen and oxygen atoms in total. The molecule has 0 aliphatic heterocycles. The Kier molecular flexibility index (Phi) is 3.00. The van der Waals surface area contributed by atoms with Gasteiger partial charge in [-0.25, -0.2) is 0 Å². The zero-order valence-corrected chi connectivity index (χ0v) is 8.95. The smallest absolute Gasteiger partial charge is 0.269 e. The summed E-state index contributed by atoms with van der Waals surface area (Å²) in [6, 6.07) is 9.85. The fourth-order valence-corrected chi connectivity index (χ4v) is 1.64. The highest BCUT2D eigenvalue weighted by Gasteiger charge is 2.06. The molecule has 0 amide bonds. The van der Waals surface area contributed by atoms with E-state index in [2.05, 4.69) is 0 Å². The molecule has 17 heavy (non-hydrogen) atoms. The Balaban J connectivity index is 2.27. The lowest BCUT2D eigenvalue weighted by molar-refractivity contribution is -0.384. The van der Waals surface area contributed by atoms with Crippen molar-refractivity contribution >= 4 is 12.0 Å². The van der Waals surface area contributed by atoms with Gasteiger partial charge in [0.2, 0.25) is 0 Å². The largest absolute Gasteiger partial charge is 0.341 e. The molecule has 0 fully saturated rings. The monoisotopic (exact) mass is 230 g/mol. The lowest BCUT2D eigenvalue weighted by Crippen LogP contribution is -2.02. The van der Waals surface area contributed by atoms with E-state index in [1.807, 2.05) is 0 Å². The molecule has 0 saturated carbocycles. The van der Waals surface area contributed by atoms with Gasteiger partial charge in [0.25, 0.3) is 5.69 Å². The molecular formula is C12H10N2O3. The van der Waals surface area contributed by atoms with Gasteiger partial charge >= 0.3 is 0 Å². The second-order valence-electron chi connectivity index (χ2n) is 3.61. The molecule has 0 radical (unpaired) electrons. The van der Waals surface area contributed by atoms with Gasteiger partial charge < -0.3 is 4.57 Å². The quantitative estimate of drug-likeness (QED) is 0.459. The highest BCUT2D eigenvalue weighted by molar-refractivity contribution is 5.72. The molecule has 0 aliphatic rings. The summed E-state index contributed by atoms with van der Waals surface area (Å²) in [5.41, 5.74) is 1.40. The van der Waals surface area contributed by atoms with Gasteiger partial charge in [0.15, 0.2) is 6.29 Å². The van der Waals surface area contributed by atoms with Crippen molar-refractivity contribution in [3.63, 3.8) is 0 Å². The first-order chi connectivity index (χ1) is 8.20. The number of carbonyl (C=O) groups is 1. The third-order valence-corrected chi connectivity index (χ3v) is 2.46. The van der Waals surface area contributed by atoms with Crippen LogP contribution in [0.25, 0.3) is 0 Å². The first kappa shape index (κ1) is 11.1. The number of non-ortho nitro benzene ring substituents is 1. The Hall–Kier alpha value is -2.43. The number of hydrogen-bond acceptors (Lipinski definition) is 3. The number of benzene rings is 1. The van der Waals surface area contributed by atoms with Gasteiger partial charge in [-0.3, -0.25) is 14.9 Å². The predicted molar refractivity (Wildman–Crippen MR) is 62.0 cm³/mol. The van der Waals surface area contributed by atoms with E-state index in [-0.39, 0.29) is 5.69 Å². The van der Waals surface area contributed by atoms with Crippen molar-refractivity contribution in [1.82, 2.24) is 4.57 Å². The number of aromatic nitrogens is 1. The minimum atomic E-state index is -0.431. The fraction of sp³-hybridized carbons (Fsp3) is 0.0833. The van der Waals surface area contributed by atoms with Crippen LogP contribution < -0.4 is 0 Å². The highest BCUT2D eigenvalue weighted by atomic mass is 16.6. The minimum Gasteiger partial charge on any atom is -0.341 e. The van der Waals surface area contributed by atoms with Gasteiger partial charge in [-0.15, -0.1) is 0 Å². The van der Waals surface area contributed by atoms with Crippen molar-refractivity contribution in [1.29, 1.82) is 0 Å². The molecule has 2 aromatic rings. The van der Waals surface area contributed by atoms with E-state index in [1.165, 1.54) is 12.1 Å². The summed E-state index contributed by atoms with van der Waals surface area (Å²) in [7, 11) is 0. The average Bonchev–Trinajstić information content (AvgIpc) is 2.76. The molecule has 0 atom stereocenters. The van der Waals surface area contributed by atoms with E-state index in [0.717, 1.165) is 11.8 Å². The van der Waals surface area contributed by atoms with Crippen LogP contribution in [0.5, 0.6) is 0 Å². The average molecular weight is 230 g/mol. The molecule has 1 aromatic heterocycles. The summed E-state index contributed by atoms with van der Waals surface area (Å²) >= 11 is 0. The molecule has 2 rings (SSSR count). The van der Waals surface area contributed by atoms with E-state index >= 15 is 0 Å². The van der Waals surface area contributed by atoms with Crippen LogP contribution in [0.2, 0.25) is 0 Å². The lowest BCUT2D eigenvalue weighted by atomic mass is 10.2. The molecule has 0 N–H and O–H groups in total. The van der Waals surface area contributed by atoms with E-state index in [4.69, 9.17) is 0 Å². The lowest BCUT2D eigenvalue weighted by Gasteiger charge is -2.05. The number of rotatable bonds is 4. The minimum absolute atomic E-state index is 0.0577. The number of nitro benzene ring substituents is 1. The van der Waals surface area contributed by atoms with Gasteiger partial charge in [0, 0.05) is 24.9 Å². The van der Waals surface area contributed by atoms with Crippen LogP contribution in [0.15, 0.2) is 42.6 Å². The SMILES string of the molecule is O=Cc1cccn1Cc1cccc([N+](=O)[O-])c1. The summed E-state index contributed by atoms with van der Waals surface area (Å²) in [5.74, 6) is 0. The van der Waals surface area contributed by atoms with Crippen molar-refractivity contribution in [2.45, 2.75) is 6.54 Å². The third kappa shape index (κ3) is 2.39. The molecule has 1 aromatic carbocycles. The molecule has 0 aliphatic carbocycles. The zero-order valence-electron chi connectivity index (χ0n) is 8.95. The second-order valence-corrected chi connectivity index (χ2v) is 3.61. The van der Waals surface area contributed by atoms with Crippen molar-refractivity contribution in [3.8, 4) is 0 Å². The van der Waals surface area contributed by atoms with E-state index < -0.39 is 4.92 Å². The topological polar surface area (TPSA) is 65.1 Å². The second kappa shape index (κ2) is 4.61. The van der Waals surface area contributed by atoms with Crippen molar-refractivity contribution in [2.75, 3.05) is 0 Å². The van der Waals surface area contributed by atoms with Crippen molar-refractivity contribution in [2.24, 2.45) is 0 Å². The van der Waals surface area contributed by atoms with Gasteiger partial charge in [-0.2, -0.15) is 0 Å². The van der Waals surface area contributed by atoms with Crippen molar-refractivity contribution < 1.29 is 9.72 Å². The van der Waals surface area contributed by atoms with Crippen LogP contribution in [0, 0.1) is 10.1 Å². The van der Waals surface area contributed by atoms with Gasteiger partial charge in [0.05, 0.1) is 10.6 Å². The van der Waals surface area contributed by atoms with Gasteiger partial charge in [-0.1, -0.05) is 12.1 Å². The summed E-state index contributed by atoms with van der Waals surface area (Å²) in [4.78, 5) is 20.9. The highest BCUT2D eigenvalue weighted by Crippen LogP contribution is 2.14. The Morgan fingerprint density at radius 1 is 1.29 bits per heavy atom. The van der Waals surface area contributed by atoms with Gasteiger partial charge in [-0.05, 0) is 17.7 Å². The maximum absolute atomic E-state index is 10.7. The van der Waals surface area contributed by atoms with Crippen LogP contribution in [0.1, 0.15) is 16.1 Å². The first-order valence-electron chi connectivity index (χ1n) is 5.04. The number of nitro groups is 1. The third-order valence-electron chi connectivity index (χ3n) is 2.46. The number of nitrogens with zero attached hydrogens (tertiary/aromatic N) is 2. The molecule has 86 valence electrons. The van der Waals surface area contributed by atoms with E-state index in [1.54, 1.807) is 35.0 Å². The van der Waals surface area contributed by atoms with Crippen LogP contribution in [0.4, 0.5) is 5.69 Å². The molecule has 5 heteroatoms. The van der Waals surface area contributed by atoms with Gasteiger partial charge in [0.1, 0.15) is 0 Å². The van der Waals surface area contributed by atoms with E-state index in [0.29, 0.717) is 12.2 Å². The fourth-order valence-electron chi connectivity index (χ4n) is 1.64. The summed E-state index contributed by atoms with van der Waals surface area (Å²) in [6.45, 7) is 0.447. The van der Waals surface area contributed by atoms with Crippen LogP contribution in [-0.2, 0) is 6.54 Å². The number of hydrogen-bond donors (Lipinski definition) is 0. The molecule has 0 spiro atoms. The molecule has 1 heterocycles. The first-order valence-corrected chi connectivity index (χ1v) is 5.04. The maximum Gasteiger partial charge on any atom is 0.269 e. The number of aldehydes is 1. The summed E-state index contributed by atoms with van der Waals surface area (Å²) in [6.07, 6.45) is 2.53. The Morgan fingerprint density at radius 2 is 2.12 bits per heavy atom. The van der Waals surface area contributed by atoms with Crippen LogP contribution in [-0.4, -0.2) is 15.8 Å². The summed E-state index contributed by atoms with van der Waals surface area (Å²) in [5, 5.41) is 10.6. The Labute approximate surface area is 97.5 Å². The summed E-state index contributed by atoms with van der Waals surface area (Å²) < 4.78 is 1.74. The standard InChI is InChI=1S/C12H10N2O3/c15-9-12-5-2-6-13(12)8-10-3-1-4-11(7-10)14(16)17/h1-7,9H,8H2. The molecular weight excluding hydrogens is 220 g/mol. The Morgan fingerprint density at radius 3 is 2.82 bits per heavy atom. The predicted octanol–water partition coefficient (Wildman–Crippen LogP) is 2.26. The number of carbonyl (C=O) groups excluding carboxylic acids is 1. The Bertz CT molecular complexity index is 560. The molecule has 0 saturated heterocycles. The zero-order chi connectivity index (χ0) is 12.3. The molecule has 0 bridgehead atoms. The normalized spacial score (nSPS) is 10.1. The van der Waals surface area contributed by atoms with E-state index in [9.17, 15) is 14.9 Å². The van der Waals surface area contributed by atoms with Crippen molar-refractivity contribution in [3.05, 3.63) is 64.0 Å². The van der Waals surface area contributed by atoms with Crippen LogP contribution >= 0.6 is 0 Å². The maximum atomic E-state index is 10.7. The molecule has 0 unspecified atom stereocenters. The van der Waals surface area contributed by atoms with Crippen LogP contribution in [0.3, 0.4) is 0 Å².